The lowest BCUT2D eigenvalue weighted by atomic mass is 10.2. The number of ether oxygens (including phenoxy) is 1. The number of rotatable bonds is 2. The van der Waals surface area contributed by atoms with Gasteiger partial charge in [-0.05, 0) is 24.3 Å². The van der Waals surface area contributed by atoms with Gasteiger partial charge < -0.3 is 4.74 Å². The Morgan fingerprint density at radius 1 is 1.20 bits per heavy atom. The highest BCUT2D eigenvalue weighted by atomic mass is 35.5. The Labute approximate surface area is 119 Å². The molecule has 20 heavy (non-hydrogen) atoms. The molecule has 0 saturated carbocycles. The van der Waals surface area contributed by atoms with Gasteiger partial charge in [0.05, 0.1) is 7.11 Å². The normalized spacial score (nSPS) is 10.7. The van der Waals surface area contributed by atoms with E-state index >= 15 is 0 Å². The molecule has 0 unspecified atom stereocenters. The van der Waals surface area contributed by atoms with E-state index in [0.717, 1.165) is 5.56 Å². The summed E-state index contributed by atoms with van der Waals surface area (Å²) in [5.41, 5.74) is 1.72. The van der Waals surface area contributed by atoms with E-state index in [-0.39, 0.29) is 0 Å². The first-order valence-electron chi connectivity index (χ1n) is 5.89. The molecule has 5 nitrogen and oxygen atoms in total. The molecule has 0 aliphatic carbocycles. The van der Waals surface area contributed by atoms with E-state index in [1.54, 1.807) is 34.7 Å². The quantitative estimate of drug-likeness (QED) is 0.680. The molecule has 0 fully saturated rings. The molecular formula is C14H10ClN3O2. The lowest BCUT2D eigenvalue weighted by Gasteiger charge is -2.06. The van der Waals surface area contributed by atoms with Gasteiger partial charge in [-0.15, -0.1) is 10.2 Å². The first-order chi connectivity index (χ1) is 9.70. The summed E-state index contributed by atoms with van der Waals surface area (Å²) in [7, 11) is 1.34. The number of methoxy groups -OCH3 is 1. The van der Waals surface area contributed by atoms with Gasteiger partial charge in [0, 0.05) is 10.6 Å². The lowest BCUT2D eigenvalue weighted by molar-refractivity contribution is 0.0592. The van der Waals surface area contributed by atoms with Crippen LogP contribution in [-0.2, 0) is 4.74 Å². The van der Waals surface area contributed by atoms with Gasteiger partial charge in [0.2, 0.25) is 0 Å². The fourth-order valence-electron chi connectivity index (χ4n) is 2.02. The van der Waals surface area contributed by atoms with Crippen LogP contribution in [0.1, 0.15) is 10.5 Å². The zero-order chi connectivity index (χ0) is 14.1. The summed E-state index contributed by atoms with van der Waals surface area (Å²) < 4.78 is 6.44. The van der Waals surface area contributed by atoms with Crippen LogP contribution in [0.4, 0.5) is 0 Å². The number of carbonyl (C=O) groups is 1. The Morgan fingerprint density at radius 2 is 2.00 bits per heavy atom. The van der Waals surface area contributed by atoms with Crippen LogP contribution < -0.4 is 0 Å². The Balaban J connectivity index is 2.29. The van der Waals surface area contributed by atoms with Crippen molar-refractivity contribution in [2.24, 2.45) is 0 Å². The minimum absolute atomic E-state index is 0.366. The van der Waals surface area contributed by atoms with E-state index < -0.39 is 5.97 Å². The molecular weight excluding hydrogens is 278 g/mol. The van der Waals surface area contributed by atoms with Crippen molar-refractivity contribution < 1.29 is 9.53 Å². The van der Waals surface area contributed by atoms with Crippen LogP contribution in [0.2, 0.25) is 5.02 Å². The summed E-state index contributed by atoms with van der Waals surface area (Å²) in [5, 5.41) is 8.79. The van der Waals surface area contributed by atoms with E-state index in [1.165, 1.54) is 7.11 Å². The molecule has 0 spiro atoms. The molecule has 2 aromatic heterocycles. The van der Waals surface area contributed by atoms with Crippen molar-refractivity contribution in [3.8, 4) is 11.4 Å². The molecule has 0 bridgehead atoms. The number of benzene rings is 1. The summed E-state index contributed by atoms with van der Waals surface area (Å²) in [6.45, 7) is 0. The summed E-state index contributed by atoms with van der Waals surface area (Å²) >= 11 is 5.99. The third-order valence-corrected chi connectivity index (χ3v) is 3.14. The zero-order valence-corrected chi connectivity index (χ0v) is 11.3. The molecule has 1 aromatic carbocycles. The van der Waals surface area contributed by atoms with Crippen LogP contribution >= 0.6 is 11.6 Å². The number of halogens is 1. The summed E-state index contributed by atoms with van der Waals surface area (Å²) in [6.07, 6.45) is 0. The molecule has 0 atom stereocenters. The van der Waals surface area contributed by atoms with Crippen LogP contribution in [0, 0.1) is 0 Å². The van der Waals surface area contributed by atoms with Crippen LogP contribution in [0.25, 0.3) is 17.0 Å². The number of carbonyl (C=O) groups excluding carboxylic acids is 1. The summed E-state index contributed by atoms with van der Waals surface area (Å²) in [5.74, 6) is 0.0992. The summed E-state index contributed by atoms with van der Waals surface area (Å²) in [4.78, 5) is 11.9. The SMILES string of the molecule is COC(=O)c1cccc2nnc(-c3cccc(Cl)c3)n12. The second-order valence-corrected chi connectivity index (χ2v) is 4.57. The molecule has 6 heteroatoms. The van der Waals surface area contributed by atoms with Crippen molar-refractivity contribution in [2.45, 2.75) is 0 Å². The second-order valence-electron chi connectivity index (χ2n) is 4.13. The first-order valence-corrected chi connectivity index (χ1v) is 6.27. The smallest absolute Gasteiger partial charge is 0.355 e. The largest absolute Gasteiger partial charge is 0.464 e. The highest BCUT2D eigenvalue weighted by Crippen LogP contribution is 2.23. The van der Waals surface area contributed by atoms with E-state index in [1.807, 2.05) is 12.1 Å². The van der Waals surface area contributed by atoms with Gasteiger partial charge >= 0.3 is 5.97 Å². The van der Waals surface area contributed by atoms with Crippen molar-refractivity contribution in [3.05, 3.63) is 53.2 Å². The summed E-state index contributed by atoms with van der Waals surface area (Å²) in [6, 6.07) is 12.4. The molecule has 3 aromatic rings. The van der Waals surface area contributed by atoms with Gasteiger partial charge in [0.15, 0.2) is 11.5 Å². The van der Waals surface area contributed by atoms with Crippen LogP contribution in [0.15, 0.2) is 42.5 Å². The Morgan fingerprint density at radius 3 is 2.75 bits per heavy atom. The highest BCUT2D eigenvalue weighted by molar-refractivity contribution is 6.30. The average Bonchev–Trinajstić information content (AvgIpc) is 2.90. The minimum atomic E-state index is -0.446. The highest BCUT2D eigenvalue weighted by Gasteiger charge is 2.16. The van der Waals surface area contributed by atoms with Gasteiger partial charge in [0.25, 0.3) is 0 Å². The van der Waals surface area contributed by atoms with Crippen molar-refractivity contribution in [1.29, 1.82) is 0 Å². The Kier molecular flexibility index (Phi) is 3.12. The molecule has 2 heterocycles. The molecule has 0 saturated heterocycles. The number of fused-ring (bicyclic) bond motifs is 1. The van der Waals surface area contributed by atoms with Crippen molar-refractivity contribution in [1.82, 2.24) is 14.6 Å². The fraction of sp³-hybridized carbons (Fsp3) is 0.0714. The van der Waals surface area contributed by atoms with Crippen LogP contribution in [0.3, 0.4) is 0 Å². The minimum Gasteiger partial charge on any atom is -0.464 e. The van der Waals surface area contributed by atoms with Gasteiger partial charge in [0.1, 0.15) is 5.69 Å². The predicted molar refractivity (Wildman–Crippen MR) is 74.8 cm³/mol. The van der Waals surface area contributed by atoms with E-state index in [0.29, 0.717) is 22.2 Å². The van der Waals surface area contributed by atoms with Gasteiger partial charge in [-0.2, -0.15) is 0 Å². The van der Waals surface area contributed by atoms with Crippen molar-refractivity contribution in [3.63, 3.8) is 0 Å². The third-order valence-electron chi connectivity index (χ3n) is 2.91. The Hall–Kier alpha value is -2.40. The number of nitrogens with zero attached hydrogens (tertiary/aromatic N) is 3. The molecule has 3 rings (SSSR count). The van der Waals surface area contributed by atoms with Crippen LogP contribution in [-0.4, -0.2) is 27.7 Å². The van der Waals surface area contributed by atoms with E-state index in [2.05, 4.69) is 10.2 Å². The molecule has 0 N–H and O–H groups in total. The molecule has 0 radical (unpaired) electrons. The molecule has 100 valence electrons. The number of esters is 1. The molecule has 0 aliphatic heterocycles. The third kappa shape index (κ3) is 2.02. The number of aromatic nitrogens is 3. The number of hydrogen-bond donors (Lipinski definition) is 0. The second kappa shape index (κ2) is 4.94. The molecule has 0 aliphatic rings. The van der Waals surface area contributed by atoms with Gasteiger partial charge in [-0.3, -0.25) is 4.40 Å². The van der Waals surface area contributed by atoms with Gasteiger partial charge in [-0.1, -0.05) is 29.8 Å². The Bertz CT molecular complexity index is 798. The predicted octanol–water partition coefficient (Wildman–Crippen LogP) is 2.84. The zero-order valence-electron chi connectivity index (χ0n) is 10.6. The maximum absolute atomic E-state index is 11.9. The van der Waals surface area contributed by atoms with Gasteiger partial charge in [-0.25, -0.2) is 4.79 Å². The molecule has 0 amide bonds. The topological polar surface area (TPSA) is 56.5 Å². The monoisotopic (exact) mass is 287 g/mol. The maximum atomic E-state index is 11.9. The van der Waals surface area contributed by atoms with Crippen molar-refractivity contribution >= 4 is 23.2 Å². The average molecular weight is 288 g/mol. The number of hydrogen-bond acceptors (Lipinski definition) is 4. The lowest BCUT2D eigenvalue weighted by Crippen LogP contribution is -2.08. The van der Waals surface area contributed by atoms with Crippen molar-refractivity contribution in [2.75, 3.05) is 7.11 Å². The standard InChI is InChI=1S/C14H10ClN3O2/c1-20-14(19)11-6-3-7-12-16-17-13(18(11)12)9-4-2-5-10(15)8-9/h2-8H,1H3. The first kappa shape index (κ1) is 12.6. The van der Waals surface area contributed by atoms with E-state index in [9.17, 15) is 4.79 Å². The van der Waals surface area contributed by atoms with E-state index in [4.69, 9.17) is 16.3 Å². The maximum Gasteiger partial charge on any atom is 0.355 e. The fourth-order valence-corrected chi connectivity index (χ4v) is 2.21. The van der Waals surface area contributed by atoms with Crippen LogP contribution in [0.5, 0.6) is 0 Å². The number of pyridine rings is 1.